The molecule has 4 nitrogen and oxygen atoms in total. The molecule has 4 heteroatoms. The summed E-state index contributed by atoms with van der Waals surface area (Å²) < 4.78 is 1.96. The lowest BCUT2D eigenvalue weighted by Gasteiger charge is -2.19. The molecule has 0 spiro atoms. The predicted molar refractivity (Wildman–Crippen MR) is 76.8 cm³/mol. The average molecular weight is 252 g/mol. The summed E-state index contributed by atoms with van der Waals surface area (Å²) in [4.78, 5) is 2.48. The minimum atomic E-state index is 0.926. The van der Waals surface area contributed by atoms with E-state index in [1.54, 1.807) is 0 Å². The average Bonchev–Trinajstić information content (AvgIpc) is 2.58. The maximum absolute atomic E-state index is 4.44. The van der Waals surface area contributed by atoms with Crippen LogP contribution < -0.4 is 5.32 Å². The molecule has 18 heavy (non-hydrogen) atoms. The highest BCUT2D eigenvalue weighted by Crippen LogP contribution is 2.10. The van der Waals surface area contributed by atoms with Gasteiger partial charge in [0.25, 0.3) is 0 Å². The Hall–Kier alpha value is -0.870. The third-order valence-electron chi connectivity index (χ3n) is 3.55. The van der Waals surface area contributed by atoms with E-state index in [0.717, 1.165) is 31.9 Å². The van der Waals surface area contributed by atoms with Crippen LogP contribution in [-0.2, 0) is 13.6 Å². The lowest BCUT2D eigenvalue weighted by molar-refractivity contribution is 0.287. The SMILES string of the molecule is CCCN(CC)CCNCc1c(C)nn(C)c1C. The second-order valence-corrected chi connectivity index (χ2v) is 4.88. The Balaban J connectivity index is 2.33. The normalized spacial score (nSPS) is 11.4. The molecule has 0 aliphatic rings. The minimum Gasteiger partial charge on any atom is -0.311 e. The topological polar surface area (TPSA) is 33.1 Å². The van der Waals surface area contributed by atoms with Crippen molar-refractivity contribution in [3.8, 4) is 0 Å². The van der Waals surface area contributed by atoms with Crippen LogP contribution in [0.25, 0.3) is 0 Å². The van der Waals surface area contributed by atoms with E-state index in [9.17, 15) is 0 Å². The highest BCUT2D eigenvalue weighted by molar-refractivity contribution is 5.23. The van der Waals surface area contributed by atoms with Gasteiger partial charge in [-0.1, -0.05) is 13.8 Å². The summed E-state index contributed by atoms with van der Waals surface area (Å²) in [7, 11) is 2.01. The summed E-state index contributed by atoms with van der Waals surface area (Å²) in [5.41, 5.74) is 3.75. The van der Waals surface area contributed by atoms with Crippen LogP contribution >= 0.6 is 0 Å². The first-order chi connectivity index (χ1) is 8.60. The van der Waals surface area contributed by atoms with Crippen LogP contribution in [0.5, 0.6) is 0 Å². The van der Waals surface area contributed by atoms with Gasteiger partial charge in [-0.3, -0.25) is 4.68 Å². The lowest BCUT2D eigenvalue weighted by atomic mass is 10.2. The van der Waals surface area contributed by atoms with Crippen molar-refractivity contribution >= 4 is 0 Å². The second-order valence-electron chi connectivity index (χ2n) is 4.88. The largest absolute Gasteiger partial charge is 0.311 e. The van der Waals surface area contributed by atoms with Gasteiger partial charge < -0.3 is 10.2 Å². The Morgan fingerprint density at radius 1 is 1.22 bits per heavy atom. The first kappa shape index (κ1) is 15.2. The van der Waals surface area contributed by atoms with Crippen molar-refractivity contribution in [2.45, 2.75) is 40.7 Å². The van der Waals surface area contributed by atoms with E-state index in [-0.39, 0.29) is 0 Å². The molecule has 0 saturated heterocycles. The van der Waals surface area contributed by atoms with E-state index in [4.69, 9.17) is 0 Å². The maximum atomic E-state index is 4.44. The summed E-state index contributed by atoms with van der Waals surface area (Å²) >= 11 is 0. The molecule has 0 aliphatic heterocycles. The molecule has 0 saturated carbocycles. The van der Waals surface area contributed by atoms with Crippen LogP contribution in [0.15, 0.2) is 0 Å². The van der Waals surface area contributed by atoms with Gasteiger partial charge in [0.05, 0.1) is 5.69 Å². The van der Waals surface area contributed by atoms with Crippen molar-refractivity contribution in [3.05, 3.63) is 17.0 Å². The van der Waals surface area contributed by atoms with Gasteiger partial charge in [0.15, 0.2) is 0 Å². The van der Waals surface area contributed by atoms with E-state index in [0.29, 0.717) is 0 Å². The zero-order chi connectivity index (χ0) is 13.5. The molecule has 0 fully saturated rings. The number of nitrogens with one attached hydrogen (secondary N) is 1. The summed E-state index contributed by atoms with van der Waals surface area (Å²) in [5, 5.41) is 7.96. The van der Waals surface area contributed by atoms with E-state index >= 15 is 0 Å². The maximum Gasteiger partial charge on any atom is 0.0641 e. The van der Waals surface area contributed by atoms with Gasteiger partial charge in [-0.05, 0) is 33.4 Å². The van der Waals surface area contributed by atoms with Crippen molar-refractivity contribution in [3.63, 3.8) is 0 Å². The van der Waals surface area contributed by atoms with Crippen LogP contribution in [0.4, 0.5) is 0 Å². The molecule has 0 unspecified atom stereocenters. The molecule has 1 rings (SSSR count). The molecule has 0 aromatic carbocycles. The molecule has 1 N–H and O–H groups in total. The Morgan fingerprint density at radius 3 is 2.44 bits per heavy atom. The summed E-state index contributed by atoms with van der Waals surface area (Å²) in [6, 6.07) is 0. The van der Waals surface area contributed by atoms with Gasteiger partial charge in [-0.2, -0.15) is 5.10 Å². The van der Waals surface area contributed by atoms with Gasteiger partial charge >= 0.3 is 0 Å². The number of hydrogen-bond donors (Lipinski definition) is 1. The number of rotatable bonds is 8. The number of nitrogens with zero attached hydrogens (tertiary/aromatic N) is 3. The standard InChI is InChI=1S/C14H28N4/c1-6-9-18(7-2)10-8-15-11-14-12(3)16-17(5)13(14)4/h15H,6-11H2,1-5H3. The van der Waals surface area contributed by atoms with Crippen LogP contribution in [-0.4, -0.2) is 40.9 Å². The molecule has 0 radical (unpaired) electrons. The summed E-state index contributed by atoms with van der Waals surface area (Å²) in [6.07, 6.45) is 1.23. The third kappa shape index (κ3) is 4.10. The molecular formula is C14H28N4. The molecule has 104 valence electrons. The molecule has 0 atom stereocenters. The molecular weight excluding hydrogens is 224 g/mol. The quantitative estimate of drug-likeness (QED) is 0.717. The highest BCUT2D eigenvalue weighted by Gasteiger charge is 2.08. The molecule has 0 bridgehead atoms. The van der Waals surface area contributed by atoms with E-state index in [1.807, 2.05) is 11.7 Å². The molecule has 0 amide bonds. The smallest absolute Gasteiger partial charge is 0.0641 e. The lowest BCUT2D eigenvalue weighted by Crippen LogP contribution is -2.32. The van der Waals surface area contributed by atoms with Crippen molar-refractivity contribution in [1.82, 2.24) is 20.0 Å². The fourth-order valence-electron chi connectivity index (χ4n) is 2.27. The second kappa shape index (κ2) is 7.54. The van der Waals surface area contributed by atoms with Crippen molar-refractivity contribution in [2.75, 3.05) is 26.2 Å². The zero-order valence-electron chi connectivity index (χ0n) is 12.6. The Kier molecular flexibility index (Phi) is 6.36. The van der Waals surface area contributed by atoms with Crippen molar-refractivity contribution in [2.24, 2.45) is 7.05 Å². The summed E-state index contributed by atoms with van der Waals surface area (Å²) in [5.74, 6) is 0. The Bertz CT molecular complexity index is 357. The number of aryl methyl sites for hydroxylation is 2. The minimum absolute atomic E-state index is 0.926. The van der Waals surface area contributed by atoms with Crippen molar-refractivity contribution in [1.29, 1.82) is 0 Å². The van der Waals surface area contributed by atoms with Gasteiger partial charge in [-0.15, -0.1) is 0 Å². The highest BCUT2D eigenvalue weighted by atomic mass is 15.3. The van der Waals surface area contributed by atoms with Gasteiger partial charge in [-0.25, -0.2) is 0 Å². The Morgan fingerprint density at radius 2 is 1.94 bits per heavy atom. The number of likely N-dealkylation sites (N-methyl/N-ethyl adjacent to an activating group) is 1. The molecule has 0 aliphatic carbocycles. The van der Waals surface area contributed by atoms with Crippen LogP contribution in [0.2, 0.25) is 0 Å². The van der Waals surface area contributed by atoms with Gasteiger partial charge in [0, 0.05) is 37.9 Å². The van der Waals surface area contributed by atoms with Crippen LogP contribution in [0.1, 0.15) is 37.2 Å². The molecule has 1 heterocycles. The fraction of sp³-hybridized carbons (Fsp3) is 0.786. The fourth-order valence-corrected chi connectivity index (χ4v) is 2.27. The number of aromatic nitrogens is 2. The van der Waals surface area contributed by atoms with E-state index < -0.39 is 0 Å². The first-order valence-electron chi connectivity index (χ1n) is 7.02. The van der Waals surface area contributed by atoms with Crippen LogP contribution in [0, 0.1) is 13.8 Å². The molecule has 1 aromatic rings. The van der Waals surface area contributed by atoms with Gasteiger partial charge in [0.1, 0.15) is 0 Å². The van der Waals surface area contributed by atoms with Gasteiger partial charge in [0.2, 0.25) is 0 Å². The van der Waals surface area contributed by atoms with E-state index in [1.165, 1.54) is 24.2 Å². The third-order valence-corrected chi connectivity index (χ3v) is 3.55. The van der Waals surface area contributed by atoms with Crippen molar-refractivity contribution < 1.29 is 0 Å². The van der Waals surface area contributed by atoms with Crippen LogP contribution in [0.3, 0.4) is 0 Å². The predicted octanol–water partition coefficient (Wildman–Crippen LogP) is 1.86. The molecule has 1 aromatic heterocycles. The Labute approximate surface area is 111 Å². The first-order valence-corrected chi connectivity index (χ1v) is 7.02. The summed E-state index contributed by atoms with van der Waals surface area (Å²) in [6.45, 7) is 14.1. The monoisotopic (exact) mass is 252 g/mol. The zero-order valence-corrected chi connectivity index (χ0v) is 12.6. The van der Waals surface area contributed by atoms with E-state index in [2.05, 4.69) is 43.0 Å². The number of hydrogen-bond acceptors (Lipinski definition) is 3.